The normalized spacial score (nSPS) is 12.6. The molecule has 2 aromatic carbocycles. The molecular weight excluding hydrogens is 392 g/mol. The van der Waals surface area contributed by atoms with Gasteiger partial charge in [0.1, 0.15) is 6.04 Å². The van der Waals surface area contributed by atoms with E-state index in [2.05, 4.69) is 10.0 Å². The monoisotopic (exact) mass is 412 g/mol. The molecule has 0 aliphatic heterocycles. The summed E-state index contributed by atoms with van der Waals surface area (Å²) in [6.07, 6.45) is 2.28. The SMILES string of the molecule is CSCCC(NS(=O)(=O)c1ccccc1)C(=O)Nc1cc(Cl)ccc1C. The van der Waals surface area contributed by atoms with Crippen LogP contribution in [-0.2, 0) is 14.8 Å². The first kappa shape index (κ1) is 20.8. The van der Waals surface area contributed by atoms with Gasteiger partial charge in [0.2, 0.25) is 15.9 Å². The Labute approximate surface area is 163 Å². The summed E-state index contributed by atoms with van der Waals surface area (Å²) in [5.74, 6) is 0.230. The van der Waals surface area contributed by atoms with E-state index in [1.54, 1.807) is 48.2 Å². The third-order valence-electron chi connectivity index (χ3n) is 3.74. The molecule has 140 valence electrons. The van der Waals surface area contributed by atoms with Crippen molar-refractivity contribution < 1.29 is 13.2 Å². The van der Waals surface area contributed by atoms with E-state index in [4.69, 9.17) is 11.6 Å². The number of hydrogen-bond donors (Lipinski definition) is 2. The molecule has 5 nitrogen and oxygen atoms in total. The number of hydrogen-bond acceptors (Lipinski definition) is 4. The van der Waals surface area contributed by atoms with E-state index < -0.39 is 22.0 Å². The van der Waals surface area contributed by atoms with Crippen LogP contribution in [0, 0.1) is 6.92 Å². The number of aryl methyl sites for hydroxylation is 1. The summed E-state index contributed by atoms with van der Waals surface area (Å²) in [5, 5.41) is 3.27. The van der Waals surface area contributed by atoms with Gasteiger partial charge in [0, 0.05) is 10.7 Å². The first-order valence-electron chi connectivity index (χ1n) is 7.97. The first-order chi connectivity index (χ1) is 12.3. The molecular formula is C18H21ClN2O3S2. The zero-order valence-electron chi connectivity index (χ0n) is 14.5. The van der Waals surface area contributed by atoms with Crippen molar-refractivity contribution in [1.82, 2.24) is 4.72 Å². The number of thioether (sulfide) groups is 1. The van der Waals surface area contributed by atoms with Crippen molar-refractivity contribution in [2.24, 2.45) is 0 Å². The number of halogens is 1. The van der Waals surface area contributed by atoms with E-state index in [9.17, 15) is 13.2 Å². The molecule has 0 radical (unpaired) electrons. The molecule has 0 spiro atoms. The molecule has 1 atom stereocenters. The lowest BCUT2D eigenvalue weighted by Crippen LogP contribution is -2.44. The molecule has 1 unspecified atom stereocenters. The number of carbonyl (C=O) groups is 1. The van der Waals surface area contributed by atoms with Crippen LogP contribution < -0.4 is 10.0 Å². The van der Waals surface area contributed by atoms with Gasteiger partial charge in [-0.1, -0.05) is 35.9 Å². The lowest BCUT2D eigenvalue weighted by molar-refractivity contribution is -0.117. The topological polar surface area (TPSA) is 75.3 Å². The van der Waals surface area contributed by atoms with Crippen molar-refractivity contribution in [2.45, 2.75) is 24.3 Å². The number of anilines is 1. The van der Waals surface area contributed by atoms with Crippen LogP contribution in [0.1, 0.15) is 12.0 Å². The van der Waals surface area contributed by atoms with E-state index >= 15 is 0 Å². The molecule has 0 aliphatic rings. The molecule has 2 N–H and O–H groups in total. The lowest BCUT2D eigenvalue weighted by atomic mass is 10.1. The molecule has 0 heterocycles. The van der Waals surface area contributed by atoms with Crippen molar-refractivity contribution in [1.29, 1.82) is 0 Å². The van der Waals surface area contributed by atoms with Crippen molar-refractivity contribution in [2.75, 3.05) is 17.3 Å². The van der Waals surface area contributed by atoms with Crippen molar-refractivity contribution >= 4 is 45.0 Å². The number of nitrogens with one attached hydrogen (secondary N) is 2. The van der Waals surface area contributed by atoms with Crippen LogP contribution in [0.4, 0.5) is 5.69 Å². The molecule has 8 heteroatoms. The van der Waals surface area contributed by atoms with Crippen LogP contribution in [0.3, 0.4) is 0 Å². The third kappa shape index (κ3) is 5.74. The summed E-state index contributed by atoms with van der Waals surface area (Å²) < 4.78 is 27.6. The molecule has 0 fully saturated rings. The lowest BCUT2D eigenvalue weighted by Gasteiger charge is -2.19. The zero-order chi connectivity index (χ0) is 19.2. The average molecular weight is 413 g/mol. The van der Waals surface area contributed by atoms with E-state index in [-0.39, 0.29) is 4.90 Å². The molecule has 26 heavy (non-hydrogen) atoms. The highest BCUT2D eigenvalue weighted by molar-refractivity contribution is 7.98. The first-order valence-corrected chi connectivity index (χ1v) is 11.2. The van der Waals surface area contributed by atoms with Crippen LogP contribution in [0.5, 0.6) is 0 Å². The highest BCUT2D eigenvalue weighted by Crippen LogP contribution is 2.21. The predicted octanol–water partition coefficient (Wildman–Crippen LogP) is 3.69. The fourth-order valence-electron chi connectivity index (χ4n) is 2.28. The average Bonchev–Trinajstić information content (AvgIpc) is 2.62. The maximum absolute atomic E-state index is 12.7. The van der Waals surface area contributed by atoms with Gasteiger partial charge in [0.05, 0.1) is 4.90 Å². The maximum atomic E-state index is 12.7. The number of rotatable bonds is 8. The summed E-state index contributed by atoms with van der Waals surface area (Å²) in [4.78, 5) is 12.8. The van der Waals surface area contributed by atoms with Gasteiger partial charge >= 0.3 is 0 Å². The molecule has 2 rings (SSSR count). The minimum Gasteiger partial charge on any atom is -0.324 e. The third-order valence-corrected chi connectivity index (χ3v) is 6.10. The van der Waals surface area contributed by atoms with Gasteiger partial charge in [-0.05, 0) is 55.2 Å². The Hall–Kier alpha value is -1.54. The second-order valence-electron chi connectivity index (χ2n) is 5.72. The molecule has 1 amide bonds. The van der Waals surface area contributed by atoms with Gasteiger partial charge in [0.15, 0.2) is 0 Å². The van der Waals surface area contributed by atoms with Crippen LogP contribution in [0.25, 0.3) is 0 Å². The molecule has 0 saturated heterocycles. The maximum Gasteiger partial charge on any atom is 0.242 e. The Balaban J connectivity index is 2.20. The summed E-state index contributed by atoms with van der Waals surface area (Å²) in [5.41, 5.74) is 1.41. The van der Waals surface area contributed by atoms with E-state index in [1.165, 1.54) is 12.1 Å². The van der Waals surface area contributed by atoms with Crippen LogP contribution >= 0.6 is 23.4 Å². The number of amides is 1. The second kappa shape index (κ2) is 9.41. The van der Waals surface area contributed by atoms with Crippen molar-refractivity contribution in [3.63, 3.8) is 0 Å². The summed E-state index contributed by atoms with van der Waals surface area (Å²) in [7, 11) is -3.79. The molecule has 0 aromatic heterocycles. The van der Waals surface area contributed by atoms with Gasteiger partial charge in [-0.2, -0.15) is 16.5 Å². The number of benzene rings is 2. The second-order valence-corrected chi connectivity index (χ2v) is 8.85. The highest BCUT2D eigenvalue weighted by Gasteiger charge is 2.25. The fourth-order valence-corrected chi connectivity index (χ4v) is 4.18. The van der Waals surface area contributed by atoms with Crippen molar-refractivity contribution in [3.05, 3.63) is 59.1 Å². The van der Waals surface area contributed by atoms with Crippen LogP contribution in [0.15, 0.2) is 53.4 Å². The van der Waals surface area contributed by atoms with Crippen LogP contribution in [-0.4, -0.2) is 32.4 Å². The van der Waals surface area contributed by atoms with Gasteiger partial charge in [-0.15, -0.1) is 0 Å². The smallest absolute Gasteiger partial charge is 0.242 e. The van der Waals surface area contributed by atoms with Crippen LogP contribution in [0.2, 0.25) is 5.02 Å². The standard InChI is InChI=1S/C18H21ClN2O3S2/c1-13-8-9-14(19)12-17(13)20-18(22)16(10-11-25-2)21-26(23,24)15-6-4-3-5-7-15/h3-9,12,16,21H,10-11H2,1-2H3,(H,20,22). The van der Waals surface area contributed by atoms with E-state index in [1.807, 2.05) is 13.2 Å². The summed E-state index contributed by atoms with van der Waals surface area (Å²) >= 11 is 7.53. The minimum atomic E-state index is -3.79. The fraction of sp³-hybridized carbons (Fsp3) is 0.278. The zero-order valence-corrected chi connectivity index (χ0v) is 16.9. The number of sulfonamides is 1. The van der Waals surface area contributed by atoms with Gasteiger partial charge < -0.3 is 5.32 Å². The Morgan fingerprint density at radius 2 is 1.88 bits per heavy atom. The Morgan fingerprint density at radius 3 is 2.54 bits per heavy atom. The molecule has 2 aromatic rings. The Kier molecular flexibility index (Phi) is 7.52. The molecule has 0 aliphatic carbocycles. The minimum absolute atomic E-state index is 0.126. The predicted molar refractivity (Wildman–Crippen MR) is 108 cm³/mol. The van der Waals surface area contributed by atoms with Gasteiger partial charge in [0.25, 0.3) is 0 Å². The number of carbonyl (C=O) groups excluding carboxylic acids is 1. The largest absolute Gasteiger partial charge is 0.324 e. The van der Waals surface area contributed by atoms with E-state index in [0.717, 1.165) is 5.56 Å². The summed E-state index contributed by atoms with van der Waals surface area (Å²) in [6.45, 7) is 1.84. The quantitative estimate of drug-likeness (QED) is 0.693. The highest BCUT2D eigenvalue weighted by atomic mass is 35.5. The summed E-state index contributed by atoms with van der Waals surface area (Å²) in [6, 6.07) is 12.3. The van der Waals surface area contributed by atoms with Gasteiger partial charge in [-0.3, -0.25) is 4.79 Å². The Morgan fingerprint density at radius 1 is 1.19 bits per heavy atom. The van der Waals surface area contributed by atoms with E-state index in [0.29, 0.717) is 22.9 Å². The molecule has 0 bridgehead atoms. The Bertz CT molecular complexity index is 858. The van der Waals surface area contributed by atoms with Gasteiger partial charge in [-0.25, -0.2) is 8.42 Å². The van der Waals surface area contributed by atoms with Crippen molar-refractivity contribution in [3.8, 4) is 0 Å². The molecule has 0 saturated carbocycles.